The standard InChI is InChI=1S/C23H19N3O2/c1-15(16-7-3-2-4-8-16)24-22(27)17-11-13-18(14-12-17)25-21-19-9-5-6-10-20(19)26-23(21)28/h2-15H,1H3,(H,24,27)(H,25,26,28). The molecule has 2 amide bonds. The molecule has 138 valence electrons. The summed E-state index contributed by atoms with van der Waals surface area (Å²) in [5.41, 5.74) is 4.14. The van der Waals surface area contributed by atoms with Crippen LogP contribution in [-0.2, 0) is 4.79 Å². The van der Waals surface area contributed by atoms with Crippen LogP contribution in [0.4, 0.5) is 11.4 Å². The molecular formula is C23H19N3O2. The highest BCUT2D eigenvalue weighted by atomic mass is 16.2. The number of rotatable bonds is 4. The van der Waals surface area contributed by atoms with Crippen LogP contribution < -0.4 is 10.6 Å². The summed E-state index contributed by atoms with van der Waals surface area (Å²) in [6.07, 6.45) is 0. The van der Waals surface area contributed by atoms with Crippen LogP contribution in [0.25, 0.3) is 0 Å². The van der Waals surface area contributed by atoms with E-state index in [1.165, 1.54) is 0 Å². The molecule has 5 nitrogen and oxygen atoms in total. The average Bonchev–Trinajstić information content (AvgIpc) is 3.04. The Morgan fingerprint density at radius 2 is 1.61 bits per heavy atom. The molecule has 0 aliphatic carbocycles. The van der Waals surface area contributed by atoms with Crippen LogP contribution in [0, 0.1) is 0 Å². The molecule has 0 bridgehead atoms. The predicted octanol–water partition coefficient (Wildman–Crippen LogP) is 4.25. The summed E-state index contributed by atoms with van der Waals surface area (Å²) in [7, 11) is 0. The first-order chi connectivity index (χ1) is 13.6. The number of amides is 2. The summed E-state index contributed by atoms with van der Waals surface area (Å²) in [4.78, 5) is 29.1. The SMILES string of the molecule is CC(NC(=O)c1ccc(N=C2C(=O)Nc3ccccc32)cc1)c1ccccc1. The predicted molar refractivity (Wildman–Crippen MR) is 110 cm³/mol. The number of hydrogen-bond donors (Lipinski definition) is 2. The first-order valence-corrected chi connectivity index (χ1v) is 9.07. The van der Waals surface area contributed by atoms with Crippen molar-refractivity contribution in [2.45, 2.75) is 13.0 Å². The maximum absolute atomic E-state index is 12.5. The highest BCUT2D eigenvalue weighted by molar-refractivity contribution is 6.54. The van der Waals surface area contributed by atoms with Gasteiger partial charge in [-0.1, -0.05) is 48.5 Å². The second-order valence-electron chi connectivity index (χ2n) is 6.61. The summed E-state index contributed by atoms with van der Waals surface area (Å²) < 4.78 is 0. The lowest BCUT2D eigenvalue weighted by Gasteiger charge is -2.14. The zero-order valence-electron chi connectivity index (χ0n) is 15.3. The van der Waals surface area contributed by atoms with Crippen molar-refractivity contribution in [1.29, 1.82) is 0 Å². The summed E-state index contributed by atoms with van der Waals surface area (Å²) in [6, 6.07) is 24.1. The van der Waals surface area contributed by atoms with E-state index in [1.54, 1.807) is 24.3 Å². The molecule has 1 aliphatic rings. The third-order valence-electron chi connectivity index (χ3n) is 4.66. The van der Waals surface area contributed by atoms with Crippen molar-refractivity contribution >= 4 is 28.9 Å². The third-order valence-corrected chi connectivity index (χ3v) is 4.66. The molecule has 0 saturated heterocycles. The number of carbonyl (C=O) groups is 2. The number of para-hydroxylation sites is 1. The molecule has 3 aromatic carbocycles. The molecule has 2 N–H and O–H groups in total. The molecule has 0 saturated carbocycles. The van der Waals surface area contributed by atoms with Crippen LogP contribution in [0.1, 0.15) is 34.5 Å². The lowest BCUT2D eigenvalue weighted by atomic mass is 10.1. The Morgan fingerprint density at radius 3 is 2.36 bits per heavy atom. The van der Waals surface area contributed by atoms with Gasteiger partial charge in [-0.05, 0) is 42.8 Å². The fourth-order valence-corrected chi connectivity index (χ4v) is 3.13. The second kappa shape index (κ2) is 7.48. The van der Waals surface area contributed by atoms with Gasteiger partial charge in [-0.15, -0.1) is 0 Å². The molecule has 3 aromatic rings. The van der Waals surface area contributed by atoms with E-state index in [-0.39, 0.29) is 17.9 Å². The number of aliphatic imine (C=N–C) groups is 1. The smallest absolute Gasteiger partial charge is 0.275 e. The minimum Gasteiger partial charge on any atom is -0.346 e. The molecule has 0 fully saturated rings. The first kappa shape index (κ1) is 17.7. The van der Waals surface area contributed by atoms with Crippen molar-refractivity contribution in [3.63, 3.8) is 0 Å². The largest absolute Gasteiger partial charge is 0.346 e. The number of benzene rings is 3. The number of nitrogens with zero attached hydrogens (tertiary/aromatic N) is 1. The highest BCUT2D eigenvalue weighted by Crippen LogP contribution is 2.25. The summed E-state index contributed by atoms with van der Waals surface area (Å²) >= 11 is 0. The molecule has 1 heterocycles. The van der Waals surface area contributed by atoms with Gasteiger partial charge < -0.3 is 10.6 Å². The fourth-order valence-electron chi connectivity index (χ4n) is 3.13. The molecule has 1 aliphatic heterocycles. The second-order valence-corrected chi connectivity index (χ2v) is 6.61. The lowest BCUT2D eigenvalue weighted by Crippen LogP contribution is -2.26. The molecule has 5 heteroatoms. The fraction of sp³-hybridized carbons (Fsp3) is 0.0870. The van der Waals surface area contributed by atoms with Gasteiger partial charge in [0.15, 0.2) is 0 Å². The van der Waals surface area contributed by atoms with E-state index >= 15 is 0 Å². The van der Waals surface area contributed by atoms with Gasteiger partial charge >= 0.3 is 0 Å². The van der Waals surface area contributed by atoms with Gasteiger partial charge in [0.2, 0.25) is 0 Å². The van der Waals surface area contributed by atoms with Gasteiger partial charge in [0.25, 0.3) is 11.8 Å². The van der Waals surface area contributed by atoms with Gasteiger partial charge in [0.1, 0.15) is 5.71 Å². The Bertz CT molecular complexity index is 1060. The first-order valence-electron chi connectivity index (χ1n) is 9.07. The van der Waals surface area contributed by atoms with Crippen molar-refractivity contribution in [1.82, 2.24) is 5.32 Å². The van der Waals surface area contributed by atoms with Crippen molar-refractivity contribution in [2.75, 3.05) is 5.32 Å². The topological polar surface area (TPSA) is 70.6 Å². The van der Waals surface area contributed by atoms with Crippen molar-refractivity contribution in [3.8, 4) is 0 Å². The minimum atomic E-state index is -0.222. The molecule has 1 atom stereocenters. The quantitative estimate of drug-likeness (QED) is 0.722. The van der Waals surface area contributed by atoms with Gasteiger partial charge in [-0.2, -0.15) is 0 Å². The van der Waals surface area contributed by atoms with Crippen LogP contribution in [-0.4, -0.2) is 17.5 Å². The molecule has 1 unspecified atom stereocenters. The number of fused-ring (bicyclic) bond motifs is 1. The van der Waals surface area contributed by atoms with E-state index in [9.17, 15) is 9.59 Å². The number of anilines is 1. The molecule has 0 spiro atoms. The van der Waals surface area contributed by atoms with Crippen molar-refractivity contribution < 1.29 is 9.59 Å². The highest BCUT2D eigenvalue weighted by Gasteiger charge is 2.25. The molecule has 4 rings (SSSR count). The van der Waals surface area contributed by atoms with Crippen molar-refractivity contribution in [2.24, 2.45) is 4.99 Å². The number of carbonyl (C=O) groups excluding carboxylic acids is 2. The van der Waals surface area contributed by atoms with Crippen LogP contribution in [0.2, 0.25) is 0 Å². The van der Waals surface area contributed by atoms with Crippen LogP contribution >= 0.6 is 0 Å². The summed E-state index contributed by atoms with van der Waals surface area (Å²) in [6.45, 7) is 1.95. The Hall–Kier alpha value is -3.73. The maximum Gasteiger partial charge on any atom is 0.275 e. The molecular weight excluding hydrogens is 350 g/mol. The average molecular weight is 369 g/mol. The third kappa shape index (κ3) is 3.55. The maximum atomic E-state index is 12.5. The van der Waals surface area contributed by atoms with Gasteiger partial charge in [-0.3, -0.25) is 9.59 Å². The Morgan fingerprint density at radius 1 is 0.929 bits per heavy atom. The monoisotopic (exact) mass is 369 g/mol. The van der Waals surface area contributed by atoms with Crippen LogP contribution in [0.15, 0.2) is 83.9 Å². The van der Waals surface area contributed by atoms with Crippen LogP contribution in [0.3, 0.4) is 0 Å². The van der Waals surface area contributed by atoms with Gasteiger partial charge in [0, 0.05) is 11.1 Å². The van der Waals surface area contributed by atoms with E-state index < -0.39 is 0 Å². The zero-order valence-corrected chi connectivity index (χ0v) is 15.3. The molecule has 28 heavy (non-hydrogen) atoms. The number of nitrogens with one attached hydrogen (secondary N) is 2. The Balaban J connectivity index is 1.50. The van der Waals surface area contributed by atoms with Gasteiger partial charge in [0.05, 0.1) is 17.4 Å². The van der Waals surface area contributed by atoms with E-state index in [2.05, 4.69) is 15.6 Å². The minimum absolute atomic E-state index is 0.0905. The van der Waals surface area contributed by atoms with Crippen molar-refractivity contribution in [3.05, 3.63) is 95.6 Å². The van der Waals surface area contributed by atoms with E-state index in [0.717, 1.165) is 16.8 Å². The summed E-state index contributed by atoms with van der Waals surface area (Å²) in [5.74, 6) is -0.376. The van der Waals surface area contributed by atoms with Gasteiger partial charge in [-0.25, -0.2) is 4.99 Å². The molecule has 0 aromatic heterocycles. The van der Waals surface area contributed by atoms with Crippen LogP contribution in [0.5, 0.6) is 0 Å². The lowest BCUT2D eigenvalue weighted by molar-refractivity contribution is -0.110. The summed E-state index contributed by atoms with van der Waals surface area (Å²) in [5, 5.41) is 5.79. The van der Waals surface area contributed by atoms with E-state index in [4.69, 9.17) is 0 Å². The Kier molecular flexibility index (Phi) is 4.72. The Labute approximate surface area is 163 Å². The normalized spacial score (nSPS) is 15.0. The zero-order chi connectivity index (χ0) is 19.5. The molecule has 0 radical (unpaired) electrons. The number of hydrogen-bond acceptors (Lipinski definition) is 3. The van der Waals surface area contributed by atoms with E-state index in [1.807, 2.05) is 61.5 Å². The van der Waals surface area contributed by atoms with E-state index in [0.29, 0.717) is 17.0 Å².